The Kier molecular flexibility index (Phi) is 6.84. The Bertz CT molecular complexity index is 1130. The number of carbonyl (C=O) groups excluding carboxylic acids is 1. The average Bonchev–Trinajstić information content (AvgIpc) is 2.77. The van der Waals surface area contributed by atoms with Crippen molar-refractivity contribution in [2.45, 2.75) is 23.3 Å². The van der Waals surface area contributed by atoms with Gasteiger partial charge in [-0.05, 0) is 67.3 Å². The number of nitrogens with one attached hydrogen (secondary N) is 1. The van der Waals surface area contributed by atoms with Crippen molar-refractivity contribution in [2.75, 3.05) is 17.6 Å². The van der Waals surface area contributed by atoms with Crippen LogP contribution in [0, 0.1) is 6.92 Å². The van der Waals surface area contributed by atoms with Gasteiger partial charge >= 0.3 is 0 Å². The molecule has 0 aliphatic heterocycles. The Labute approximate surface area is 182 Å². The van der Waals surface area contributed by atoms with Gasteiger partial charge < -0.3 is 5.32 Å². The van der Waals surface area contributed by atoms with E-state index in [0.717, 1.165) is 16.0 Å². The van der Waals surface area contributed by atoms with Crippen LogP contribution in [0.1, 0.15) is 21.5 Å². The van der Waals surface area contributed by atoms with E-state index in [1.807, 2.05) is 37.4 Å². The maximum absolute atomic E-state index is 12.9. The predicted molar refractivity (Wildman–Crippen MR) is 123 cm³/mol. The standard InChI is InChI=1S/C23H24N2O3S2/c1-17-5-4-6-18(15-17)16-24-23(26)19-7-9-20(10-8-19)25(2)30(27,28)22-13-11-21(29-3)12-14-22/h4-15H,16H2,1-3H3,(H,24,26). The third-order valence-corrected chi connectivity index (χ3v) is 7.29. The minimum atomic E-state index is -3.68. The molecule has 0 radical (unpaired) electrons. The third-order valence-electron chi connectivity index (χ3n) is 4.75. The van der Waals surface area contributed by atoms with Crippen LogP contribution in [0.5, 0.6) is 0 Å². The van der Waals surface area contributed by atoms with Crippen LogP contribution in [0.4, 0.5) is 5.69 Å². The number of benzene rings is 3. The highest BCUT2D eigenvalue weighted by atomic mass is 32.2. The van der Waals surface area contributed by atoms with Gasteiger partial charge in [-0.1, -0.05) is 29.8 Å². The highest BCUT2D eigenvalue weighted by molar-refractivity contribution is 7.98. The van der Waals surface area contributed by atoms with Crippen molar-refractivity contribution >= 4 is 33.4 Å². The molecular formula is C23H24N2O3S2. The number of nitrogens with zero attached hydrogens (tertiary/aromatic N) is 1. The minimum absolute atomic E-state index is 0.207. The lowest BCUT2D eigenvalue weighted by atomic mass is 10.1. The van der Waals surface area contributed by atoms with Gasteiger partial charge in [-0.15, -0.1) is 11.8 Å². The molecule has 0 aliphatic rings. The van der Waals surface area contributed by atoms with Gasteiger partial charge in [0.05, 0.1) is 10.6 Å². The number of hydrogen-bond acceptors (Lipinski definition) is 4. The van der Waals surface area contributed by atoms with Crippen molar-refractivity contribution in [3.05, 3.63) is 89.5 Å². The van der Waals surface area contributed by atoms with Crippen LogP contribution in [0.3, 0.4) is 0 Å². The molecule has 0 unspecified atom stereocenters. The van der Waals surface area contributed by atoms with Crippen LogP contribution >= 0.6 is 11.8 Å². The van der Waals surface area contributed by atoms with Crippen LogP contribution in [0.25, 0.3) is 0 Å². The van der Waals surface area contributed by atoms with E-state index in [1.54, 1.807) is 60.3 Å². The minimum Gasteiger partial charge on any atom is -0.348 e. The third kappa shape index (κ3) is 5.04. The molecule has 30 heavy (non-hydrogen) atoms. The molecule has 0 atom stereocenters. The first kappa shape index (κ1) is 21.9. The number of amides is 1. The largest absolute Gasteiger partial charge is 0.348 e. The Morgan fingerprint density at radius 1 is 1.00 bits per heavy atom. The summed E-state index contributed by atoms with van der Waals surface area (Å²) in [6, 6.07) is 21.2. The molecule has 5 nitrogen and oxygen atoms in total. The smallest absolute Gasteiger partial charge is 0.264 e. The maximum atomic E-state index is 12.9. The predicted octanol–water partition coefficient (Wildman–Crippen LogP) is 4.47. The molecule has 3 aromatic rings. The molecule has 1 amide bonds. The SMILES string of the molecule is CSc1ccc(S(=O)(=O)N(C)c2ccc(C(=O)NCc3cccc(C)c3)cc2)cc1. The molecule has 1 N–H and O–H groups in total. The van der Waals surface area contributed by atoms with Gasteiger partial charge in [0, 0.05) is 24.1 Å². The van der Waals surface area contributed by atoms with Gasteiger partial charge in [0.15, 0.2) is 0 Å². The normalized spacial score (nSPS) is 11.2. The second-order valence-corrected chi connectivity index (χ2v) is 9.72. The van der Waals surface area contributed by atoms with E-state index in [2.05, 4.69) is 5.32 Å². The second-order valence-electron chi connectivity index (χ2n) is 6.87. The quantitative estimate of drug-likeness (QED) is 0.551. The van der Waals surface area contributed by atoms with Gasteiger partial charge in [0.25, 0.3) is 15.9 Å². The highest BCUT2D eigenvalue weighted by Crippen LogP contribution is 2.24. The average molecular weight is 441 g/mol. The lowest BCUT2D eigenvalue weighted by Crippen LogP contribution is -2.27. The van der Waals surface area contributed by atoms with Crippen molar-refractivity contribution in [2.24, 2.45) is 0 Å². The fourth-order valence-corrected chi connectivity index (χ4v) is 4.58. The van der Waals surface area contributed by atoms with Crippen molar-refractivity contribution in [1.82, 2.24) is 5.32 Å². The molecule has 0 aliphatic carbocycles. The Balaban J connectivity index is 1.69. The van der Waals surface area contributed by atoms with Crippen LogP contribution in [0.2, 0.25) is 0 Å². The molecule has 3 rings (SSSR count). The molecule has 0 saturated heterocycles. The zero-order chi connectivity index (χ0) is 21.7. The summed E-state index contributed by atoms with van der Waals surface area (Å²) in [5.74, 6) is -0.207. The van der Waals surface area contributed by atoms with Crippen molar-refractivity contribution in [3.8, 4) is 0 Å². The van der Waals surface area contributed by atoms with Crippen molar-refractivity contribution in [3.63, 3.8) is 0 Å². The van der Waals surface area contributed by atoms with Crippen molar-refractivity contribution in [1.29, 1.82) is 0 Å². The number of anilines is 1. The molecule has 7 heteroatoms. The Morgan fingerprint density at radius 3 is 2.27 bits per heavy atom. The monoisotopic (exact) mass is 440 g/mol. The van der Waals surface area contributed by atoms with E-state index in [4.69, 9.17) is 0 Å². The zero-order valence-corrected chi connectivity index (χ0v) is 18.8. The molecule has 0 aromatic heterocycles. The summed E-state index contributed by atoms with van der Waals surface area (Å²) in [6.45, 7) is 2.44. The summed E-state index contributed by atoms with van der Waals surface area (Å²) in [5, 5.41) is 2.89. The van der Waals surface area contributed by atoms with Crippen LogP contribution < -0.4 is 9.62 Å². The van der Waals surface area contributed by atoms with Gasteiger partial charge in [-0.2, -0.15) is 0 Å². The number of carbonyl (C=O) groups is 1. The molecule has 0 fully saturated rings. The zero-order valence-electron chi connectivity index (χ0n) is 17.1. The molecule has 0 heterocycles. The summed E-state index contributed by atoms with van der Waals surface area (Å²) in [7, 11) is -2.17. The van der Waals surface area contributed by atoms with E-state index in [9.17, 15) is 13.2 Å². The van der Waals surface area contributed by atoms with Gasteiger partial charge in [0.1, 0.15) is 0 Å². The molecule has 0 spiro atoms. The Morgan fingerprint density at radius 2 is 1.67 bits per heavy atom. The van der Waals surface area contributed by atoms with E-state index in [-0.39, 0.29) is 10.8 Å². The highest BCUT2D eigenvalue weighted by Gasteiger charge is 2.21. The lowest BCUT2D eigenvalue weighted by Gasteiger charge is -2.20. The van der Waals surface area contributed by atoms with Crippen LogP contribution in [-0.4, -0.2) is 27.6 Å². The summed E-state index contributed by atoms with van der Waals surface area (Å²) >= 11 is 1.55. The lowest BCUT2D eigenvalue weighted by molar-refractivity contribution is 0.0951. The summed E-state index contributed by atoms with van der Waals surface area (Å²) in [6.07, 6.45) is 1.94. The first-order valence-electron chi connectivity index (χ1n) is 9.38. The molecule has 3 aromatic carbocycles. The first-order chi connectivity index (χ1) is 14.3. The van der Waals surface area contributed by atoms with Gasteiger partial charge in [0.2, 0.25) is 0 Å². The fourth-order valence-electron chi connectivity index (χ4n) is 2.97. The number of aryl methyl sites for hydroxylation is 1. The van der Waals surface area contributed by atoms with Gasteiger partial charge in [-0.25, -0.2) is 8.42 Å². The molecule has 0 saturated carbocycles. The van der Waals surface area contributed by atoms with E-state index >= 15 is 0 Å². The topological polar surface area (TPSA) is 66.5 Å². The second kappa shape index (κ2) is 9.36. The van der Waals surface area contributed by atoms with Crippen LogP contribution in [-0.2, 0) is 16.6 Å². The maximum Gasteiger partial charge on any atom is 0.264 e. The first-order valence-corrected chi connectivity index (χ1v) is 12.0. The summed E-state index contributed by atoms with van der Waals surface area (Å²) in [4.78, 5) is 13.6. The van der Waals surface area contributed by atoms with Crippen molar-refractivity contribution < 1.29 is 13.2 Å². The van der Waals surface area contributed by atoms with Crippen LogP contribution in [0.15, 0.2) is 82.6 Å². The molecule has 0 bridgehead atoms. The number of rotatable bonds is 7. The number of hydrogen-bond donors (Lipinski definition) is 1. The Hall–Kier alpha value is -2.77. The van der Waals surface area contributed by atoms with E-state index in [0.29, 0.717) is 17.8 Å². The fraction of sp³-hybridized carbons (Fsp3) is 0.174. The molecule has 156 valence electrons. The van der Waals surface area contributed by atoms with E-state index in [1.165, 1.54) is 11.4 Å². The summed E-state index contributed by atoms with van der Waals surface area (Å²) in [5.41, 5.74) is 3.12. The van der Waals surface area contributed by atoms with Gasteiger partial charge in [-0.3, -0.25) is 9.10 Å². The van der Waals surface area contributed by atoms with E-state index < -0.39 is 10.0 Å². The molecular weight excluding hydrogens is 416 g/mol. The number of thioether (sulfide) groups is 1. The number of sulfonamides is 1. The summed E-state index contributed by atoms with van der Waals surface area (Å²) < 4.78 is 27.0.